The fourth-order valence-electron chi connectivity index (χ4n) is 2.91. The van der Waals surface area contributed by atoms with Crippen molar-refractivity contribution in [3.63, 3.8) is 0 Å². The van der Waals surface area contributed by atoms with E-state index < -0.39 is 0 Å². The third kappa shape index (κ3) is 4.72. The molecule has 26 heavy (non-hydrogen) atoms. The predicted octanol–water partition coefficient (Wildman–Crippen LogP) is 1.42. The Balaban J connectivity index is 1.47. The number of guanidine groups is 1. The highest BCUT2D eigenvalue weighted by Crippen LogP contribution is 2.12. The maximum atomic E-state index is 12.1. The molecular weight excluding hydrogens is 328 g/mol. The summed E-state index contributed by atoms with van der Waals surface area (Å²) in [4.78, 5) is 25.2. The van der Waals surface area contributed by atoms with Crippen molar-refractivity contribution in [1.29, 1.82) is 0 Å². The van der Waals surface area contributed by atoms with Crippen molar-refractivity contribution in [2.24, 2.45) is 4.99 Å². The fraction of sp³-hybridized carbons (Fsp3) is 0.316. The smallest absolute Gasteiger partial charge is 0.243 e. The molecule has 1 fully saturated rings. The van der Waals surface area contributed by atoms with Gasteiger partial charge in [0.25, 0.3) is 0 Å². The van der Waals surface area contributed by atoms with E-state index in [-0.39, 0.29) is 12.5 Å². The molecule has 0 aliphatic carbocycles. The van der Waals surface area contributed by atoms with E-state index in [0.29, 0.717) is 0 Å². The van der Waals surface area contributed by atoms with Crippen LogP contribution >= 0.6 is 0 Å². The average Bonchev–Trinajstić information content (AvgIpc) is 2.70. The van der Waals surface area contributed by atoms with Gasteiger partial charge in [0.2, 0.25) is 5.91 Å². The van der Waals surface area contributed by atoms with E-state index in [1.54, 1.807) is 7.05 Å². The number of benzene rings is 1. The highest BCUT2D eigenvalue weighted by atomic mass is 16.1. The zero-order valence-corrected chi connectivity index (χ0v) is 14.9. The summed E-state index contributed by atoms with van der Waals surface area (Å²) < 4.78 is 0. The lowest BCUT2D eigenvalue weighted by Gasteiger charge is -2.37. The molecule has 1 aromatic carbocycles. The van der Waals surface area contributed by atoms with E-state index in [9.17, 15) is 4.79 Å². The number of hydrogen-bond donors (Lipinski definition) is 2. The molecule has 1 saturated heterocycles. The number of hydrogen-bond acceptors (Lipinski definition) is 4. The monoisotopic (exact) mass is 352 g/mol. The molecule has 0 saturated carbocycles. The lowest BCUT2D eigenvalue weighted by Crippen LogP contribution is -2.53. The van der Waals surface area contributed by atoms with E-state index in [1.807, 2.05) is 54.7 Å². The summed E-state index contributed by atoms with van der Waals surface area (Å²) in [5, 5.41) is 6.00. The molecule has 1 aliphatic rings. The van der Waals surface area contributed by atoms with E-state index in [0.717, 1.165) is 43.6 Å². The largest absolute Gasteiger partial charge is 0.353 e. The molecule has 0 spiro atoms. The van der Waals surface area contributed by atoms with Crippen LogP contribution in [0.25, 0.3) is 0 Å². The number of carbonyl (C=O) groups is 1. The third-order valence-corrected chi connectivity index (χ3v) is 4.23. The Kier molecular flexibility index (Phi) is 6.03. The predicted molar refractivity (Wildman–Crippen MR) is 104 cm³/mol. The number of pyridine rings is 1. The molecule has 0 bridgehead atoms. The van der Waals surface area contributed by atoms with Crippen LogP contribution in [0, 0.1) is 0 Å². The Hall–Kier alpha value is -3.09. The van der Waals surface area contributed by atoms with Crippen molar-refractivity contribution in [3.8, 4) is 0 Å². The molecule has 3 rings (SSSR count). The van der Waals surface area contributed by atoms with Crippen LogP contribution in [0.1, 0.15) is 0 Å². The van der Waals surface area contributed by atoms with Crippen molar-refractivity contribution in [2.45, 2.75) is 0 Å². The number of anilines is 2. The molecule has 0 radical (unpaired) electrons. The number of aromatic nitrogens is 1. The summed E-state index contributed by atoms with van der Waals surface area (Å²) in [5.41, 5.74) is 0.790. The minimum Gasteiger partial charge on any atom is -0.353 e. The Morgan fingerprint density at radius 2 is 1.81 bits per heavy atom. The van der Waals surface area contributed by atoms with Gasteiger partial charge in [-0.15, -0.1) is 0 Å². The molecule has 0 atom stereocenters. The maximum absolute atomic E-state index is 12.1. The van der Waals surface area contributed by atoms with Gasteiger partial charge in [-0.1, -0.05) is 24.3 Å². The van der Waals surface area contributed by atoms with Gasteiger partial charge >= 0.3 is 0 Å². The second-order valence-electron chi connectivity index (χ2n) is 5.98. The Labute approximate surface area is 153 Å². The molecule has 0 unspecified atom stereocenters. The lowest BCUT2D eigenvalue weighted by atomic mass is 10.3. The lowest BCUT2D eigenvalue weighted by molar-refractivity contribution is -0.115. The summed E-state index contributed by atoms with van der Waals surface area (Å²) in [7, 11) is 1.74. The molecule has 7 heteroatoms. The molecule has 7 nitrogen and oxygen atoms in total. The van der Waals surface area contributed by atoms with Crippen molar-refractivity contribution < 1.29 is 4.79 Å². The molecule has 1 aromatic heterocycles. The zero-order chi connectivity index (χ0) is 18.2. The topological polar surface area (TPSA) is 72.9 Å². The highest BCUT2D eigenvalue weighted by molar-refractivity contribution is 5.95. The van der Waals surface area contributed by atoms with Gasteiger partial charge in [-0.05, 0) is 24.3 Å². The minimum atomic E-state index is -0.0931. The van der Waals surface area contributed by atoms with Crippen LogP contribution in [0.2, 0.25) is 0 Å². The summed E-state index contributed by atoms with van der Waals surface area (Å²) in [5.74, 6) is 1.65. The molecular formula is C19H24N6O. The van der Waals surface area contributed by atoms with Gasteiger partial charge < -0.3 is 20.4 Å². The van der Waals surface area contributed by atoms with Crippen LogP contribution in [0.4, 0.5) is 11.5 Å². The second-order valence-corrected chi connectivity index (χ2v) is 5.98. The van der Waals surface area contributed by atoms with E-state index >= 15 is 0 Å². The van der Waals surface area contributed by atoms with E-state index in [2.05, 4.69) is 30.4 Å². The van der Waals surface area contributed by atoms with Crippen LogP contribution in [0.5, 0.6) is 0 Å². The fourth-order valence-corrected chi connectivity index (χ4v) is 2.91. The number of nitrogens with zero attached hydrogens (tertiary/aromatic N) is 4. The van der Waals surface area contributed by atoms with Crippen LogP contribution in [-0.4, -0.2) is 61.5 Å². The van der Waals surface area contributed by atoms with Crippen LogP contribution in [0.15, 0.2) is 59.7 Å². The van der Waals surface area contributed by atoms with Gasteiger partial charge in [0.1, 0.15) is 5.82 Å². The number of rotatable bonds is 4. The molecule has 2 aromatic rings. The first kappa shape index (κ1) is 17.7. The number of aliphatic imine (C=N–C) groups is 1. The molecule has 136 valence electrons. The van der Waals surface area contributed by atoms with E-state index in [4.69, 9.17) is 0 Å². The van der Waals surface area contributed by atoms with Gasteiger partial charge in [0, 0.05) is 45.1 Å². The number of carbonyl (C=O) groups excluding carboxylic acids is 1. The minimum absolute atomic E-state index is 0.0931. The summed E-state index contributed by atoms with van der Waals surface area (Å²) in [6, 6.07) is 15.4. The summed E-state index contributed by atoms with van der Waals surface area (Å²) in [6.45, 7) is 3.58. The van der Waals surface area contributed by atoms with E-state index in [1.165, 1.54) is 0 Å². The van der Waals surface area contributed by atoms with Crippen LogP contribution < -0.4 is 15.5 Å². The number of para-hydroxylation sites is 1. The first-order valence-corrected chi connectivity index (χ1v) is 8.73. The van der Waals surface area contributed by atoms with Gasteiger partial charge in [-0.2, -0.15) is 0 Å². The maximum Gasteiger partial charge on any atom is 0.243 e. The van der Waals surface area contributed by atoms with Crippen molar-refractivity contribution in [2.75, 3.05) is 50.0 Å². The van der Waals surface area contributed by atoms with Gasteiger partial charge in [-0.25, -0.2) is 4.98 Å². The van der Waals surface area contributed by atoms with Gasteiger partial charge in [0.05, 0.1) is 6.54 Å². The molecule has 1 amide bonds. The molecule has 2 N–H and O–H groups in total. The van der Waals surface area contributed by atoms with Gasteiger partial charge in [-0.3, -0.25) is 9.79 Å². The Bertz CT molecular complexity index is 726. The van der Waals surface area contributed by atoms with Crippen LogP contribution in [-0.2, 0) is 4.79 Å². The first-order valence-electron chi connectivity index (χ1n) is 8.73. The van der Waals surface area contributed by atoms with Crippen molar-refractivity contribution in [1.82, 2.24) is 15.2 Å². The van der Waals surface area contributed by atoms with Gasteiger partial charge in [0.15, 0.2) is 5.96 Å². The van der Waals surface area contributed by atoms with Crippen molar-refractivity contribution in [3.05, 3.63) is 54.7 Å². The normalized spacial score (nSPS) is 14.9. The standard InChI is InChI=1S/C19H24N6O/c1-20-19(22-15-18(26)23-16-7-3-2-4-8-16)25-13-11-24(12-14-25)17-9-5-6-10-21-17/h2-10H,11-15H2,1H3,(H,20,22)(H,23,26). The zero-order valence-electron chi connectivity index (χ0n) is 14.9. The van der Waals surface area contributed by atoms with Crippen molar-refractivity contribution >= 4 is 23.4 Å². The highest BCUT2D eigenvalue weighted by Gasteiger charge is 2.20. The number of amides is 1. The molecule has 2 heterocycles. The first-order chi connectivity index (χ1) is 12.8. The number of piperazine rings is 1. The SMILES string of the molecule is CN=C(NCC(=O)Nc1ccccc1)N1CCN(c2ccccn2)CC1. The quantitative estimate of drug-likeness (QED) is 0.643. The summed E-state index contributed by atoms with van der Waals surface area (Å²) >= 11 is 0. The average molecular weight is 352 g/mol. The number of nitrogens with one attached hydrogen (secondary N) is 2. The Morgan fingerprint density at radius 3 is 2.46 bits per heavy atom. The second kappa shape index (κ2) is 8.84. The Morgan fingerprint density at radius 1 is 1.08 bits per heavy atom. The van der Waals surface area contributed by atoms with Crippen LogP contribution in [0.3, 0.4) is 0 Å². The third-order valence-electron chi connectivity index (χ3n) is 4.23. The molecule has 1 aliphatic heterocycles. The summed E-state index contributed by atoms with van der Waals surface area (Å²) in [6.07, 6.45) is 1.81.